The lowest BCUT2D eigenvalue weighted by atomic mass is 9.89. The van der Waals surface area contributed by atoms with Crippen LogP contribution >= 0.6 is 24.0 Å². The molecule has 0 aromatic carbocycles. The molecule has 1 rings (SSSR count). The molecule has 6 nitrogen and oxygen atoms in total. The number of halogens is 1. The van der Waals surface area contributed by atoms with Crippen molar-refractivity contribution < 1.29 is 9.53 Å². The summed E-state index contributed by atoms with van der Waals surface area (Å²) in [6, 6.07) is 0.652. The lowest BCUT2D eigenvalue weighted by molar-refractivity contribution is -0.127. The van der Waals surface area contributed by atoms with Gasteiger partial charge >= 0.3 is 0 Å². The molecule has 154 valence electrons. The maximum atomic E-state index is 11.9. The number of nitrogens with zero attached hydrogens (tertiary/aromatic N) is 2. The van der Waals surface area contributed by atoms with E-state index >= 15 is 0 Å². The summed E-state index contributed by atoms with van der Waals surface area (Å²) in [5.74, 6) is 1.36. The number of ether oxygens (including phenoxy) is 1. The fourth-order valence-corrected chi connectivity index (χ4v) is 3.05. The molecule has 0 radical (unpaired) electrons. The van der Waals surface area contributed by atoms with Crippen LogP contribution in [0.15, 0.2) is 4.99 Å². The van der Waals surface area contributed by atoms with E-state index in [1.54, 1.807) is 19.0 Å². The van der Waals surface area contributed by atoms with E-state index in [9.17, 15) is 4.79 Å². The predicted molar refractivity (Wildman–Crippen MR) is 119 cm³/mol. The molecule has 0 aliphatic carbocycles. The largest absolute Gasteiger partial charge is 0.378 e. The average Bonchev–Trinajstić information content (AvgIpc) is 2.60. The molecule has 0 bridgehead atoms. The van der Waals surface area contributed by atoms with Gasteiger partial charge in [-0.15, -0.1) is 24.0 Å². The zero-order chi connectivity index (χ0) is 18.8. The molecule has 0 saturated carbocycles. The third-order valence-electron chi connectivity index (χ3n) is 5.10. The summed E-state index contributed by atoms with van der Waals surface area (Å²) in [4.78, 5) is 17.9. The molecule has 0 aromatic heterocycles. The molecule has 0 spiro atoms. The molecule has 1 amide bonds. The highest BCUT2D eigenvalue weighted by atomic mass is 127. The summed E-state index contributed by atoms with van der Waals surface area (Å²) in [7, 11) is 3.51. The van der Waals surface area contributed by atoms with Gasteiger partial charge in [0.15, 0.2) is 5.96 Å². The van der Waals surface area contributed by atoms with Crippen LogP contribution < -0.4 is 10.6 Å². The Bertz CT molecular complexity index is 428. The molecular formula is C19H39IN4O2. The molecule has 1 saturated heterocycles. The Hall–Kier alpha value is -0.570. The number of carbonyl (C=O) groups excluding carboxylic acids is 1. The summed E-state index contributed by atoms with van der Waals surface area (Å²) < 4.78 is 6.00. The molecule has 3 atom stereocenters. The quantitative estimate of drug-likeness (QED) is 0.317. The van der Waals surface area contributed by atoms with E-state index in [1.165, 1.54) is 0 Å². The van der Waals surface area contributed by atoms with Gasteiger partial charge in [0.25, 0.3) is 0 Å². The van der Waals surface area contributed by atoms with Crippen molar-refractivity contribution in [2.75, 3.05) is 27.2 Å². The van der Waals surface area contributed by atoms with E-state index in [4.69, 9.17) is 4.74 Å². The summed E-state index contributed by atoms with van der Waals surface area (Å²) >= 11 is 0. The Morgan fingerprint density at radius 2 is 1.88 bits per heavy atom. The number of rotatable bonds is 8. The maximum absolute atomic E-state index is 11.9. The van der Waals surface area contributed by atoms with Crippen LogP contribution in [0.25, 0.3) is 0 Å². The normalized spacial score (nSPS) is 21.7. The van der Waals surface area contributed by atoms with Gasteiger partial charge in [0, 0.05) is 32.8 Å². The molecule has 1 fully saturated rings. The van der Waals surface area contributed by atoms with Crippen molar-refractivity contribution in [1.29, 1.82) is 0 Å². The van der Waals surface area contributed by atoms with Gasteiger partial charge in [0.1, 0.15) is 6.54 Å². The third kappa shape index (κ3) is 8.88. The van der Waals surface area contributed by atoms with E-state index in [-0.39, 0.29) is 36.4 Å². The molecule has 1 heterocycles. The van der Waals surface area contributed by atoms with Gasteiger partial charge < -0.3 is 20.3 Å². The Labute approximate surface area is 176 Å². The highest BCUT2D eigenvalue weighted by Gasteiger charge is 2.28. The first-order valence-corrected chi connectivity index (χ1v) is 9.80. The average molecular weight is 482 g/mol. The first-order valence-electron chi connectivity index (χ1n) is 9.80. The van der Waals surface area contributed by atoms with Crippen LogP contribution in [0.5, 0.6) is 0 Å². The molecule has 3 unspecified atom stereocenters. The topological polar surface area (TPSA) is 66.0 Å². The first kappa shape index (κ1) is 25.4. The van der Waals surface area contributed by atoms with Crippen molar-refractivity contribution in [2.24, 2.45) is 10.9 Å². The molecule has 7 heteroatoms. The molecule has 2 N–H and O–H groups in total. The molecule has 1 aliphatic rings. The van der Waals surface area contributed by atoms with E-state index in [0.717, 1.165) is 44.7 Å². The lowest BCUT2D eigenvalue weighted by Gasteiger charge is -2.35. The van der Waals surface area contributed by atoms with E-state index in [2.05, 4.69) is 43.3 Å². The predicted octanol–water partition coefficient (Wildman–Crippen LogP) is 3.01. The van der Waals surface area contributed by atoms with Crippen molar-refractivity contribution in [1.82, 2.24) is 15.5 Å². The second kappa shape index (κ2) is 13.6. The highest BCUT2D eigenvalue weighted by Crippen LogP contribution is 2.25. The summed E-state index contributed by atoms with van der Waals surface area (Å²) in [5, 5.41) is 6.94. The van der Waals surface area contributed by atoms with E-state index in [1.807, 2.05) is 0 Å². The number of likely N-dealkylation sites (N-methyl/N-ethyl adjacent to an activating group) is 1. The third-order valence-corrected chi connectivity index (χ3v) is 5.10. The SMILES string of the molecule is CCC(C)NC(=NCC(=O)N(C)C)NC1CCOC(C(CC)CC)C1.I. The van der Waals surface area contributed by atoms with Crippen molar-refractivity contribution in [3.05, 3.63) is 0 Å². The van der Waals surface area contributed by atoms with Gasteiger partial charge in [-0.3, -0.25) is 4.79 Å². The smallest absolute Gasteiger partial charge is 0.243 e. The van der Waals surface area contributed by atoms with Crippen LogP contribution in [0.2, 0.25) is 0 Å². The molecule has 1 aliphatic heterocycles. The number of aliphatic imine (C=N–C) groups is 1. The van der Waals surface area contributed by atoms with Crippen molar-refractivity contribution in [3.8, 4) is 0 Å². The standard InChI is InChI=1S/C19H38N4O2.HI/c1-7-14(4)21-19(20-13-18(24)23(5)6)22-16-10-11-25-17(12-16)15(8-2)9-3;/h14-17H,7-13H2,1-6H3,(H2,20,21,22);1H. The van der Waals surface area contributed by atoms with E-state index < -0.39 is 0 Å². The Morgan fingerprint density at radius 3 is 2.42 bits per heavy atom. The molecular weight excluding hydrogens is 443 g/mol. The van der Waals surface area contributed by atoms with E-state index in [0.29, 0.717) is 24.1 Å². The Morgan fingerprint density at radius 1 is 1.23 bits per heavy atom. The Balaban J connectivity index is 0.00000625. The Kier molecular flexibility index (Phi) is 13.3. The minimum atomic E-state index is 0. The van der Waals surface area contributed by atoms with Gasteiger partial charge in [-0.2, -0.15) is 0 Å². The fourth-order valence-electron chi connectivity index (χ4n) is 3.05. The number of guanidine groups is 1. The molecule has 26 heavy (non-hydrogen) atoms. The van der Waals surface area contributed by atoms with Gasteiger partial charge in [-0.1, -0.05) is 33.6 Å². The first-order chi connectivity index (χ1) is 11.9. The van der Waals surface area contributed by atoms with Crippen LogP contribution in [-0.2, 0) is 9.53 Å². The maximum Gasteiger partial charge on any atom is 0.243 e. The molecule has 0 aromatic rings. The van der Waals surface area contributed by atoms with Gasteiger partial charge in [-0.05, 0) is 32.1 Å². The number of nitrogens with one attached hydrogen (secondary N) is 2. The van der Waals surface area contributed by atoms with Crippen molar-refractivity contribution >= 4 is 35.8 Å². The van der Waals surface area contributed by atoms with Crippen LogP contribution in [0, 0.1) is 5.92 Å². The summed E-state index contributed by atoms with van der Waals surface area (Å²) in [5.41, 5.74) is 0. The zero-order valence-corrected chi connectivity index (χ0v) is 19.7. The number of hydrogen-bond acceptors (Lipinski definition) is 3. The van der Waals surface area contributed by atoms with Crippen molar-refractivity contribution in [2.45, 2.75) is 78.0 Å². The second-order valence-electron chi connectivity index (χ2n) is 7.26. The van der Waals surface area contributed by atoms with Crippen LogP contribution in [0.3, 0.4) is 0 Å². The minimum Gasteiger partial charge on any atom is -0.378 e. The van der Waals surface area contributed by atoms with Crippen LogP contribution in [0.4, 0.5) is 0 Å². The van der Waals surface area contributed by atoms with Gasteiger partial charge in [0.2, 0.25) is 5.91 Å². The zero-order valence-electron chi connectivity index (χ0n) is 17.4. The number of hydrogen-bond donors (Lipinski definition) is 2. The summed E-state index contributed by atoms with van der Waals surface area (Å²) in [6.45, 7) is 9.68. The lowest BCUT2D eigenvalue weighted by Crippen LogP contribution is -2.50. The van der Waals surface area contributed by atoms with Crippen molar-refractivity contribution in [3.63, 3.8) is 0 Å². The fraction of sp³-hybridized carbons (Fsp3) is 0.895. The number of carbonyl (C=O) groups is 1. The number of amides is 1. The second-order valence-corrected chi connectivity index (χ2v) is 7.26. The highest BCUT2D eigenvalue weighted by molar-refractivity contribution is 14.0. The van der Waals surface area contributed by atoms with Gasteiger partial charge in [0.05, 0.1) is 6.10 Å². The van der Waals surface area contributed by atoms with Gasteiger partial charge in [-0.25, -0.2) is 4.99 Å². The van der Waals surface area contributed by atoms with Crippen LogP contribution in [-0.4, -0.2) is 62.2 Å². The van der Waals surface area contributed by atoms with Crippen LogP contribution in [0.1, 0.15) is 59.8 Å². The minimum absolute atomic E-state index is 0. The monoisotopic (exact) mass is 482 g/mol. The summed E-state index contributed by atoms with van der Waals surface area (Å²) in [6.07, 6.45) is 5.59.